The second-order valence-electron chi connectivity index (χ2n) is 9.28. The van der Waals surface area contributed by atoms with Gasteiger partial charge in [-0.05, 0) is 60.7 Å². The molecular formula is C34H41FN2. The Bertz CT molecular complexity index is 1170. The Morgan fingerprint density at radius 1 is 0.973 bits per heavy atom. The minimum absolute atomic E-state index is 0.224. The fraction of sp³-hybridized carbons (Fsp3) is 0.265. The summed E-state index contributed by atoms with van der Waals surface area (Å²) in [5.74, 6) is 0.0551. The predicted octanol–water partition coefficient (Wildman–Crippen LogP) is 8.76. The number of halogens is 1. The van der Waals surface area contributed by atoms with Crippen LogP contribution in [-0.2, 0) is 12.8 Å². The molecule has 1 aromatic heterocycles. The number of nitrogens with zero attached hydrogens (tertiary/aromatic N) is 2. The molecule has 3 rings (SSSR count). The van der Waals surface area contributed by atoms with Crippen molar-refractivity contribution >= 4 is 12.2 Å². The molecule has 0 amide bonds. The van der Waals surface area contributed by atoms with Gasteiger partial charge >= 0.3 is 0 Å². The van der Waals surface area contributed by atoms with Gasteiger partial charge in [0.05, 0.1) is 5.69 Å². The molecule has 0 N–H and O–H groups in total. The van der Waals surface area contributed by atoms with E-state index in [0.717, 1.165) is 47.6 Å². The molecule has 0 aliphatic carbocycles. The molecular weight excluding hydrogens is 455 g/mol. The number of aromatic nitrogens is 1. The highest BCUT2D eigenvalue weighted by Gasteiger charge is 2.21. The van der Waals surface area contributed by atoms with Gasteiger partial charge in [-0.3, -0.25) is 4.98 Å². The summed E-state index contributed by atoms with van der Waals surface area (Å²) in [5.41, 5.74) is 7.83. The van der Waals surface area contributed by atoms with Gasteiger partial charge in [0.15, 0.2) is 0 Å². The smallest absolute Gasteiger partial charge is 0.123 e. The first kappa shape index (κ1) is 29.7. The van der Waals surface area contributed by atoms with Crippen LogP contribution in [-0.4, -0.2) is 30.0 Å². The van der Waals surface area contributed by atoms with Crippen molar-refractivity contribution in [1.82, 2.24) is 9.88 Å². The second-order valence-corrected chi connectivity index (χ2v) is 9.28. The SMILES string of the molecule is C=CCc1nc(C(C)C)c(/C=C/C)c(-c2ccc(F)cc2)c1CCN(C)CC=C.C=Cc1ccccc1. The summed E-state index contributed by atoms with van der Waals surface area (Å²) in [5, 5.41) is 0. The first-order chi connectivity index (χ1) is 17.9. The van der Waals surface area contributed by atoms with E-state index in [1.54, 1.807) is 0 Å². The lowest BCUT2D eigenvalue weighted by molar-refractivity contribution is 0.375. The molecule has 0 unspecified atom stereocenters. The summed E-state index contributed by atoms with van der Waals surface area (Å²) in [7, 11) is 2.09. The molecule has 0 spiro atoms. The third-order valence-corrected chi connectivity index (χ3v) is 6.02. The maximum absolute atomic E-state index is 13.6. The van der Waals surface area contributed by atoms with Crippen molar-refractivity contribution in [3.63, 3.8) is 0 Å². The predicted molar refractivity (Wildman–Crippen MR) is 160 cm³/mol. The van der Waals surface area contributed by atoms with E-state index in [1.165, 1.54) is 23.3 Å². The monoisotopic (exact) mass is 496 g/mol. The Hall–Kier alpha value is -3.56. The zero-order valence-corrected chi connectivity index (χ0v) is 22.9. The van der Waals surface area contributed by atoms with E-state index in [0.29, 0.717) is 6.42 Å². The molecule has 3 aromatic rings. The quantitative estimate of drug-likeness (QED) is 0.247. The number of pyridine rings is 1. The van der Waals surface area contributed by atoms with Crippen LogP contribution in [0.4, 0.5) is 4.39 Å². The van der Waals surface area contributed by atoms with Crippen LogP contribution in [0.2, 0.25) is 0 Å². The van der Waals surface area contributed by atoms with Gasteiger partial charge in [-0.25, -0.2) is 4.39 Å². The average molecular weight is 497 g/mol. The minimum Gasteiger partial charge on any atom is -0.302 e. The highest BCUT2D eigenvalue weighted by atomic mass is 19.1. The van der Waals surface area contributed by atoms with Gasteiger partial charge in [-0.1, -0.05) is 93.3 Å². The molecule has 37 heavy (non-hydrogen) atoms. The first-order valence-corrected chi connectivity index (χ1v) is 12.9. The molecule has 0 fully saturated rings. The van der Waals surface area contributed by atoms with E-state index in [9.17, 15) is 4.39 Å². The topological polar surface area (TPSA) is 16.1 Å². The molecule has 2 nitrogen and oxygen atoms in total. The van der Waals surface area contributed by atoms with Crippen LogP contribution in [0.3, 0.4) is 0 Å². The third-order valence-electron chi connectivity index (χ3n) is 6.02. The molecule has 0 aliphatic heterocycles. The molecule has 194 valence electrons. The average Bonchev–Trinajstić information content (AvgIpc) is 2.90. The molecule has 0 radical (unpaired) electrons. The molecule has 2 aromatic carbocycles. The largest absolute Gasteiger partial charge is 0.302 e. The van der Waals surface area contributed by atoms with Gasteiger partial charge in [0.25, 0.3) is 0 Å². The highest BCUT2D eigenvalue weighted by molar-refractivity contribution is 5.80. The molecule has 0 aliphatic rings. The summed E-state index contributed by atoms with van der Waals surface area (Å²) < 4.78 is 13.6. The molecule has 0 atom stereocenters. The van der Waals surface area contributed by atoms with Crippen molar-refractivity contribution in [2.75, 3.05) is 20.1 Å². The fourth-order valence-electron chi connectivity index (χ4n) is 4.21. The van der Waals surface area contributed by atoms with E-state index in [-0.39, 0.29) is 11.7 Å². The van der Waals surface area contributed by atoms with Crippen molar-refractivity contribution in [3.05, 3.63) is 126 Å². The van der Waals surface area contributed by atoms with Crippen molar-refractivity contribution in [2.24, 2.45) is 0 Å². The normalized spacial score (nSPS) is 10.9. The van der Waals surface area contributed by atoms with Crippen molar-refractivity contribution in [1.29, 1.82) is 0 Å². The zero-order chi connectivity index (χ0) is 27.2. The van der Waals surface area contributed by atoms with Crippen LogP contribution < -0.4 is 0 Å². The molecule has 0 saturated heterocycles. The fourth-order valence-corrected chi connectivity index (χ4v) is 4.21. The number of benzene rings is 2. The second kappa shape index (κ2) is 15.5. The van der Waals surface area contributed by atoms with Crippen LogP contribution in [0.1, 0.15) is 54.8 Å². The van der Waals surface area contributed by atoms with Gasteiger partial charge < -0.3 is 4.90 Å². The maximum Gasteiger partial charge on any atom is 0.123 e. The number of hydrogen-bond donors (Lipinski definition) is 0. The summed E-state index contributed by atoms with van der Waals surface area (Å²) in [6.45, 7) is 19.5. The lowest BCUT2D eigenvalue weighted by atomic mass is 9.87. The maximum atomic E-state index is 13.6. The van der Waals surface area contributed by atoms with Gasteiger partial charge in [0, 0.05) is 30.8 Å². The van der Waals surface area contributed by atoms with E-state index < -0.39 is 0 Å². The summed E-state index contributed by atoms with van der Waals surface area (Å²) in [6.07, 6.45) is 11.4. The van der Waals surface area contributed by atoms with Gasteiger partial charge in [-0.2, -0.15) is 0 Å². The highest BCUT2D eigenvalue weighted by Crippen LogP contribution is 2.36. The first-order valence-electron chi connectivity index (χ1n) is 12.9. The molecule has 3 heteroatoms. The van der Waals surface area contributed by atoms with Crippen molar-refractivity contribution < 1.29 is 4.39 Å². The van der Waals surface area contributed by atoms with Crippen molar-refractivity contribution in [3.8, 4) is 11.1 Å². The van der Waals surface area contributed by atoms with Crippen LogP contribution >= 0.6 is 0 Å². The third kappa shape index (κ3) is 8.80. The number of likely N-dealkylation sites (N-methyl/N-ethyl adjacent to an activating group) is 1. The summed E-state index contributed by atoms with van der Waals surface area (Å²) >= 11 is 0. The molecule has 0 bridgehead atoms. The lowest BCUT2D eigenvalue weighted by Crippen LogP contribution is -2.22. The van der Waals surface area contributed by atoms with E-state index in [1.807, 2.05) is 67.6 Å². The molecule has 1 heterocycles. The Balaban J connectivity index is 0.000000510. The van der Waals surface area contributed by atoms with Crippen LogP contribution in [0.15, 0.2) is 92.6 Å². The van der Waals surface area contributed by atoms with Crippen LogP contribution in [0.25, 0.3) is 23.3 Å². The minimum atomic E-state index is -0.224. The Morgan fingerprint density at radius 2 is 1.65 bits per heavy atom. The number of rotatable bonds is 11. The van der Waals surface area contributed by atoms with Gasteiger partial charge in [-0.15, -0.1) is 13.2 Å². The van der Waals surface area contributed by atoms with Crippen molar-refractivity contribution in [2.45, 2.75) is 39.5 Å². The molecule has 0 saturated carbocycles. The van der Waals surface area contributed by atoms with Crippen LogP contribution in [0, 0.1) is 5.82 Å². The number of hydrogen-bond acceptors (Lipinski definition) is 2. The van der Waals surface area contributed by atoms with Gasteiger partial charge in [0.1, 0.15) is 5.82 Å². The van der Waals surface area contributed by atoms with E-state index in [2.05, 4.69) is 57.7 Å². The summed E-state index contributed by atoms with van der Waals surface area (Å²) in [4.78, 5) is 7.31. The number of allylic oxidation sites excluding steroid dienone is 2. The Kier molecular flexibility index (Phi) is 12.5. The van der Waals surface area contributed by atoms with Crippen LogP contribution in [0.5, 0.6) is 0 Å². The lowest BCUT2D eigenvalue weighted by Gasteiger charge is -2.23. The summed E-state index contributed by atoms with van der Waals surface area (Å²) in [6, 6.07) is 16.8. The zero-order valence-electron chi connectivity index (χ0n) is 22.9. The van der Waals surface area contributed by atoms with E-state index in [4.69, 9.17) is 4.98 Å². The Labute approximate surface area is 223 Å². The standard InChI is InChI=1S/C26H33FN2.C8H8/c1-7-10-23-25(20-12-14-21(27)15-13-20)22(16-18-29(6)17-9-3)24(11-8-2)28-26(23)19(4)5;1-2-8-6-4-3-5-7-8/h7-10,12-15,19H,2-3,11,16-18H2,1,4-6H3;2-7H,1H2/b10-7+;. The Morgan fingerprint density at radius 3 is 2.16 bits per heavy atom. The van der Waals surface area contributed by atoms with Gasteiger partial charge in [0.2, 0.25) is 0 Å². The van der Waals surface area contributed by atoms with E-state index >= 15 is 0 Å².